The number of rotatable bonds is 3. The Balaban J connectivity index is 1.99. The van der Waals surface area contributed by atoms with E-state index in [9.17, 15) is 4.39 Å². The van der Waals surface area contributed by atoms with Gasteiger partial charge in [-0.05, 0) is 50.4 Å². The van der Waals surface area contributed by atoms with Crippen molar-refractivity contribution in [2.45, 2.75) is 31.7 Å². The first-order valence-electron chi connectivity index (χ1n) is 6.22. The van der Waals surface area contributed by atoms with E-state index in [0.717, 1.165) is 31.2 Å². The molecule has 0 saturated heterocycles. The van der Waals surface area contributed by atoms with Gasteiger partial charge in [-0.15, -0.1) is 0 Å². The third-order valence-electron chi connectivity index (χ3n) is 3.70. The second kappa shape index (κ2) is 5.41. The van der Waals surface area contributed by atoms with Crippen LogP contribution in [0.2, 0.25) is 0 Å². The first-order valence-corrected chi connectivity index (χ1v) is 6.22. The van der Waals surface area contributed by atoms with Crippen LogP contribution in [0.25, 0.3) is 0 Å². The molecule has 1 aromatic carbocycles. The van der Waals surface area contributed by atoms with Gasteiger partial charge >= 0.3 is 0 Å². The molecule has 0 aliphatic heterocycles. The highest BCUT2D eigenvalue weighted by molar-refractivity contribution is 5.99. The average molecular weight is 234 g/mol. The zero-order valence-electron chi connectivity index (χ0n) is 10.2. The summed E-state index contributed by atoms with van der Waals surface area (Å²) in [6.07, 6.45) is 4.37. The fraction of sp³-hybridized carbons (Fsp3) is 0.500. The van der Waals surface area contributed by atoms with Crippen LogP contribution < -0.4 is 5.32 Å². The molecular formula is C14H19FN2. The molecule has 1 aliphatic carbocycles. The van der Waals surface area contributed by atoms with E-state index in [1.54, 1.807) is 12.1 Å². The van der Waals surface area contributed by atoms with Crippen LogP contribution in [0.3, 0.4) is 0 Å². The van der Waals surface area contributed by atoms with E-state index in [1.807, 2.05) is 7.05 Å². The molecule has 1 saturated carbocycles. The van der Waals surface area contributed by atoms with Gasteiger partial charge in [0.1, 0.15) is 5.82 Å². The molecule has 17 heavy (non-hydrogen) atoms. The van der Waals surface area contributed by atoms with Gasteiger partial charge in [-0.2, -0.15) is 0 Å². The number of hydrogen-bond donors (Lipinski definition) is 2. The maximum Gasteiger partial charge on any atom is 0.123 e. The average Bonchev–Trinajstić information content (AvgIpc) is 2.39. The topological polar surface area (TPSA) is 35.9 Å². The maximum atomic E-state index is 12.8. The zero-order valence-corrected chi connectivity index (χ0v) is 10.2. The van der Waals surface area contributed by atoms with Crippen molar-refractivity contribution >= 4 is 5.71 Å². The van der Waals surface area contributed by atoms with Gasteiger partial charge in [-0.1, -0.05) is 12.1 Å². The highest BCUT2D eigenvalue weighted by Crippen LogP contribution is 2.27. The van der Waals surface area contributed by atoms with Gasteiger partial charge in [-0.3, -0.25) is 0 Å². The van der Waals surface area contributed by atoms with Gasteiger partial charge in [0.05, 0.1) is 0 Å². The number of hydrogen-bond acceptors (Lipinski definition) is 2. The molecule has 2 nitrogen and oxygen atoms in total. The fourth-order valence-corrected chi connectivity index (χ4v) is 2.54. The van der Waals surface area contributed by atoms with Crippen molar-refractivity contribution in [2.75, 3.05) is 7.05 Å². The molecule has 0 aromatic heterocycles. The summed E-state index contributed by atoms with van der Waals surface area (Å²) in [6.45, 7) is 0. The van der Waals surface area contributed by atoms with E-state index in [1.165, 1.54) is 12.1 Å². The van der Waals surface area contributed by atoms with Gasteiger partial charge in [0.15, 0.2) is 0 Å². The Kier molecular flexibility index (Phi) is 3.89. The van der Waals surface area contributed by atoms with Crippen molar-refractivity contribution < 1.29 is 4.39 Å². The van der Waals surface area contributed by atoms with Crippen LogP contribution in [0.4, 0.5) is 4.39 Å². The lowest BCUT2D eigenvalue weighted by molar-refractivity contribution is 0.354. The lowest BCUT2D eigenvalue weighted by Gasteiger charge is -2.28. The molecule has 1 aliphatic rings. The molecule has 92 valence electrons. The molecule has 0 bridgehead atoms. The monoisotopic (exact) mass is 234 g/mol. The van der Waals surface area contributed by atoms with Crippen LogP contribution in [0, 0.1) is 17.1 Å². The van der Waals surface area contributed by atoms with Crippen LogP contribution in [0.15, 0.2) is 24.3 Å². The Labute approximate surface area is 102 Å². The molecule has 0 unspecified atom stereocenters. The Morgan fingerprint density at radius 1 is 1.18 bits per heavy atom. The van der Waals surface area contributed by atoms with Gasteiger partial charge in [0, 0.05) is 17.7 Å². The van der Waals surface area contributed by atoms with Gasteiger partial charge in [-0.25, -0.2) is 4.39 Å². The highest BCUT2D eigenvalue weighted by atomic mass is 19.1. The van der Waals surface area contributed by atoms with Crippen LogP contribution in [0.5, 0.6) is 0 Å². The maximum absolute atomic E-state index is 12.8. The Morgan fingerprint density at radius 2 is 1.76 bits per heavy atom. The van der Waals surface area contributed by atoms with E-state index >= 15 is 0 Å². The molecule has 1 fully saturated rings. The van der Waals surface area contributed by atoms with E-state index in [2.05, 4.69) is 5.32 Å². The van der Waals surface area contributed by atoms with Crippen molar-refractivity contribution in [2.24, 2.45) is 5.92 Å². The summed E-state index contributed by atoms with van der Waals surface area (Å²) < 4.78 is 12.8. The van der Waals surface area contributed by atoms with E-state index in [-0.39, 0.29) is 5.82 Å². The van der Waals surface area contributed by atoms with Crippen LogP contribution >= 0.6 is 0 Å². The normalized spacial score (nSPS) is 24.6. The predicted molar refractivity (Wildman–Crippen MR) is 68.0 cm³/mol. The lowest BCUT2D eigenvalue weighted by atomic mass is 9.81. The summed E-state index contributed by atoms with van der Waals surface area (Å²) in [5, 5.41) is 11.5. The first-order chi connectivity index (χ1) is 8.20. The molecule has 2 N–H and O–H groups in total. The fourth-order valence-electron chi connectivity index (χ4n) is 2.54. The minimum absolute atomic E-state index is 0.236. The second-order valence-corrected chi connectivity index (χ2v) is 4.76. The second-order valence-electron chi connectivity index (χ2n) is 4.76. The van der Waals surface area contributed by atoms with Gasteiger partial charge < -0.3 is 10.7 Å². The summed E-state index contributed by atoms with van der Waals surface area (Å²) in [7, 11) is 2.00. The summed E-state index contributed by atoms with van der Waals surface area (Å²) in [6, 6.07) is 6.89. The summed E-state index contributed by atoms with van der Waals surface area (Å²) in [5.74, 6) is 0.102. The predicted octanol–water partition coefficient (Wildman–Crippen LogP) is 2.97. The third-order valence-corrected chi connectivity index (χ3v) is 3.70. The molecule has 0 atom stereocenters. The molecular weight excluding hydrogens is 215 g/mol. The van der Waals surface area contributed by atoms with E-state index < -0.39 is 0 Å². The first kappa shape index (κ1) is 12.2. The van der Waals surface area contributed by atoms with Gasteiger partial charge in [0.25, 0.3) is 0 Å². The highest BCUT2D eigenvalue weighted by Gasteiger charge is 2.23. The lowest BCUT2D eigenvalue weighted by Crippen LogP contribution is -2.32. The molecule has 0 amide bonds. The third kappa shape index (κ3) is 2.91. The SMILES string of the molecule is CNC1CCC(C(=N)c2ccc(F)cc2)CC1. The van der Waals surface area contributed by atoms with Crippen LogP contribution in [-0.4, -0.2) is 18.8 Å². The molecule has 0 radical (unpaired) electrons. The molecule has 0 spiro atoms. The van der Waals surface area contributed by atoms with Crippen molar-refractivity contribution in [3.05, 3.63) is 35.6 Å². The van der Waals surface area contributed by atoms with Crippen molar-refractivity contribution in [1.29, 1.82) is 5.41 Å². The quantitative estimate of drug-likeness (QED) is 0.775. The Morgan fingerprint density at radius 3 is 2.29 bits per heavy atom. The number of halogens is 1. The van der Waals surface area contributed by atoms with Crippen molar-refractivity contribution in [3.63, 3.8) is 0 Å². The van der Waals surface area contributed by atoms with E-state index in [0.29, 0.717) is 17.7 Å². The zero-order chi connectivity index (χ0) is 12.3. The molecule has 3 heteroatoms. The standard InChI is InChI=1S/C14H19FN2/c1-17-13-8-4-11(5-9-13)14(16)10-2-6-12(15)7-3-10/h2-3,6-7,11,13,16-17H,4-5,8-9H2,1H3. The minimum atomic E-state index is -0.236. The van der Waals surface area contributed by atoms with Crippen LogP contribution in [-0.2, 0) is 0 Å². The number of benzene rings is 1. The minimum Gasteiger partial charge on any atom is -0.317 e. The molecule has 0 heterocycles. The van der Waals surface area contributed by atoms with Crippen LogP contribution in [0.1, 0.15) is 31.2 Å². The largest absolute Gasteiger partial charge is 0.317 e. The van der Waals surface area contributed by atoms with Crippen molar-refractivity contribution in [1.82, 2.24) is 5.32 Å². The Bertz CT molecular complexity index is 378. The molecule has 2 rings (SSSR count). The summed E-state index contributed by atoms with van der Waals surface area (Å²) >= 11 is 0. The van der Waals surface area contributed by atoms with E-state index in [4.69, 9.17) is 5.41 Å². The molecule has 1 aromatic rings. The Hall–Kier alpha value is -1.22. The smallest absolute Gasteiger partial charge is 0.123 e. The van der Waals surface area contributed by atoms with Gasteiger partial charge in [0.2, 0.25) is 0 Å². The summed E-state index contributed by atoms with van der Waals surface area (Å²) in [5.41, 5.74) is 1.53. The van der Waals surface area contributed by atoms with Crippen molar-refractivity contribution in [3.8, 4) is 0 Å². The summed E-state index contributed by atoms with van der Waals surface area (Å²) in [4.78, 5) is 0. The number of nitrogens with one attached hydrogen (secondary N) is 2.